The molecule has 0 spiro atoms. The molecule has 0 saturated heterocycles. The summed E-state index contributed by atoms with van der Waals surface area (Å²) in [6, 6.07) is 3.84. The second-order valence-corrected chi connectivity index (χ2v) is 4.21. The molecule has 0 fully saturated rings. The Morgan fingerprint density at radius 3 is 2.35 bits per heavy atom. The zero-order valence-electron chi connectivity index (χ0n) is 10.1. The van der Waals surface area contributed by atoms with Gasteiger partial charge in [-0.25, -0.2) is 4.98 Å². The van der Waals surface area contributed by atoms with Crippen LogP contribution >= 0.6 is 0 Å². The predicted octanol–water partition coefficient (Wildman–Crippen LogP) is 2.31. The van der Waals surface area contributed by atoms with Crippen LogP contribution in [0.3, 0.4) is 0 Å². The smallest absolute Gasteiger partial charge is 0.433 e. The summed E-state index contributed by atoms with van der Waals surface area (Å²) >= 11 is 0. The molecule has 3 N–H and O–H groups in total. The Bertz CT molecular complexity index is 673. The molecule has 0 aliphatic carbocycles. The van der Waals surface area contributed by atoms with Crippen LogP contribution in [0, 0.1) is 0 Å². The van der Waals surface area contributed by atoms with Gasteiger partial charge in [0, 0.05) is 11.5 Å². The monoisotopic (exact) mass is 285 g/mol. The maximum Gasteiger partial charge on any atom is 0.433 e. The zero-order chi connectivity index (χ0) is 14.3. The fraction of sp³-hybridized carbons (Fsp3) is 0.250. The SMILES string of the molecule is NNc1cc(C(F)(F)F)nc2cc3c(cc12)OCCO3. The van der Waals surface area contributed by atoms with Crippen LogP contribution in [0.25, 0.3) is 10.9 Å². The highest BCUT2D eigenvalue weighted by Gasteiger charge is 2.33. The van der Waals surface area contributed by atoms with Gasteiger partial charge in [-0.1, -0.05) is 0 Å². The van der Waals surface area contributed by atoms with Crippen LogP contribution in [-0.2, 0) is 6.18 Å². The van der Waals surface area contributed by atoms with Gasteiger partial charge in [-0.15, -0.1) is 0 Å². The van der Waals surface area contributed by atoms with Crippen LogP contribution in [0.5, 0.6) is 11.5 Å². The van der Waals surface area contributed by atoms with Gasteiger partial charge in [0.2, 0.25) is 0 Å². The lowest BCUT2D eigenvalue weighted by atomic mass is 10.1. The number of ether oxygens (including phenoxy) is 2. The van der Waals surface area contributed by atoms with Crippen LogP contribution in [0.1, 0.15) is 5.69 Å². The molecule has 1 aromatic heterocycles. The van der Waals surface area contributed by atoms with E-state index in [-0.39, 0.29) is 11.2 Å². The number of anilines is 1. The van der Waals surface area contributed by atoms with Gasteiger partial charge in [-0.3, -0.25) is 5.84 Å². The number of benzene rings is 1. The van der Waals surface area contributed by atoms with Crippen molar-refractivity contribution in [3.8, 4) is 11.5 Å². The molecule has 1 aliphatic heterocycles. The predicted molar refractivity (Wildman–Crippen MR) is 65.5 cm³/mol. The maximum atomic E-state index is 12.8. The summed E-state index contributed by atoms with van der Waals surface area (Å²) in [5.41, 5.74) is 1.49. The van der Waals surface area contributed by atoms with Crippen LogP contribution in [0.15, 0.2) is 18.2 Å². The molecule has 2 aromatic rings. The van der Waals surface area contributed by atoms with E-state index in [1.165, 1.54) is 6.07 Å². The van der Waals surface area contributed by atoms with Crippen molar-refractivity contribution in [2.24, 2.45) is 5.84 Å². The van der Waals surface area contributed by atoms with Gasteiger partial charge in [0.25, 0.3) is 0 Å². The summed E-state index contributed by atoms with van der Waals surface area (Å²) in [6.45, 7) is 0.734. The first-order valence-corrected chi connectivity index (χ1v) is 5.77. The number of alkyl halides is 3. The molecule has 0 unspecified atom stereocenters. The number of nitrogens with one attached hydrogen (secondary N) is 1. The summed E-state index contributed by atoms with van der Waals surface area (Å²) in [5.74, 6) is 6.12. The van der Waals surface area contributed by atoms with Crippen LogP contribution in [0.2, 0.25) is 0 Å². The standard InChI is InChI=1S/C12H10F3N3O2/c13-12(14,15)11-5-8(18-16)6-3-9-10(4-7(6)17-11)20-2-1-19-9/h3-5H,1-2,16H2,(H,17,18). The highest BCUT2D eigenvalue weighted by Crippen LogP contribution is 2.38. The molecule has 0 amide bonds. The zero-order valence-corrected chi connectivity index (χ0v) is 10.1. The van der Waals surface area contributed by atoms with E-state index in [1.54, 1.807) is 6.07 Å². The molecule has 1 aromatic carbocycles. The summed E-state index contributed by atoms with van der Waals surface area (Å²) in [6.07, 6.45) is -4.55. The molecule has 0 atom stereocenters. The number of rotatable bonds is 1. The van der Waals surface area contributed by atoms with Crippen molar-refractivity contribution < 1.29 is 22.6 Å². The molecule has 3 rings (SSSR count). The topological polar surface area (TPSA) is 69.4 Å². The molecule has 2 heterocycles. The number of nitrogen functional groups attached to an aromatic ring is 1. The number of nitrogens with zero attached hydrogens (tertiary/aromatic N) is 1. The van der Waals surface area contributed by atoms with E-state index in [1.807, 2.05) is 0 Å². The van der Waals surface area contributed by atoms with E-state index in [9.17, 15) is 13.2 Å². The van der Waals surface area contributed by atoms with Crippen molar-refractivity contribution >= 4 is 16.6 Å². The first kappa shape index (κ1) is 12.8. The molecular formula is C12H10F3N3O2. The fourth-order valence-electron chi connectivity index (χ4n) is 2.03. The Morgan fingerprint density at radius 1 is 1.10 bits per heavy atom. The van der Waals surface area contributed by atoms with Gasteiger partial charge in [-0.05, 0) is 12.1 Å². The molecule has 20 heavy (non-hydrogen) atoms. The Morgan fingerprint density at radius 2 is 1.75 bits per heavy atom. The van der Waals surface area contributed by atoms with Gasteiger partial charge in [0.05, 0.1) is 11.2 Å². The lowest BCUT2D eigenvalue weighted by molar-refractivity contribution is -0.140. The number of aromatic nitrogens is 1. The molecule has 106 valence electrons. The minimum Gasteiger partial charge on any atom is -0.486 e. The molecule has 5 nitrogen and oxygen atoms in total. The second-order valence-electron chi connectivity index (χ2n) is 4.21. The van der Waals surface area contributed by atoms with Crippen molar-refractivity contribution in [3.05, 3.63) is 23.9 Å². The number of halogens is 3. The Kier molecular flexibility index (Phi) is 2.82. The van der Waals surface area contributed by atoms with Crippen molar-refractivity contribution in [1.82, 2.24) is 4.98 Å². The summed E-state index contributed by atoms with van der Waals surface area (Å²) in [5, 5.41) is 0.435. The van der Waals surface area contributed by atoms with Gasteiger partial charge < -0.3 is 14.9 Å². The number of pyridine rings is 1. The van der Waals surface area contributed by atoms with E-state index in [0.717, 1.165) is 6.07 Å². The van der Waals surface area contributed by atoms with Crippen LogP contribution < -0.4 is 20.7 Å². The maximum absolute atomic E-state index is 12.8. The second kappa shape index (κ2) is 4.41. The first-order valence-electron chi connectivity index (χ1n) is 5.77. The van der Waals surface area contributed by atoms with E-state index < -0.39 is 11.9 Å². The third-order valence-electron chi connectivity index (χ3n) is 2.92. The fourth-order valence-corrected chi connectivity index (χ4v) is 2.03. The minimum atomic E-state index is -4.55. The molecule has 1 aliphatic rings. The lowest BCUT2D eigenvalue weighted by Gasteiger charge is -2.20. The van der Waals surface area contributed by atoms with Gasteiger partial charge in [-0.2, -0.15) is 13.2 Å². The lowest BCUT2D eigenvalue weighted by Crippen LogP contribution is -2.16. The van der Waals surface area contributed by atoms with Crippen LogP contribution in [0.4, 0.5) is 18.9 Å². The quantitative estimate of drug-likeness (QED) is 0.621. The Labute approximate surface area is 111 Å². The molecular weight excluding hydrogens is 275 g/mol. The molecule has 0 saturated carbocycles. The highest BCUT2D eigenvalue weighted by molar-refractivity contribution is 5.93. The number of fused-ring (bicyclic) bond motifs is 2. The highest BCUT2D eigenvalue weighted by atomic mass is 19.4. The molecule has 8 heteroatoms. The third kappa shape index (κ3) is 2.07. The number of hydrogen-bond acceptors (Lipinski definition) is 5. The first-order chi connectivity index (χ1) is 9.49. The van der Waals surface area contributed by atoms with E-state index in [2.05, 4.69) is 10.4 Å². The normalized spacial score (nSPS) is 14.4. The van der Waals surface area contributed by atoms with Gasteiger partial charge in [0.15, 0.2) is 11.5 Å². The summed E-state index contributed by atoms with van der Waals surface area (Å²) < 4.78 is 49.1. The van der Waals surface area contributed by atoms with Crippen molar-refractivity contribution in [1.29, 1.82) is 0 Å². The number of hydrazine groups is 1. The Hall–Kier alpha value is -2.22. The number of hydrogen-bond donors (Lipinski definition) is 2. The van der Waals surface area contributed by atoms with Crippen molar-refractivity contribution in [2.75, 3.05) is 18.6 Å². The number of nitrogens with two attached hydrogens (primary N) is 1. The molecule has 0 radical (unpaired) electrons. The minimum absolute atomic E-state index is 0.124. The average Bonchev–Trinajstić information content (AvgIpc) is 2.42. The summed E-state index contributed by atoms with van der Waals surface area (Å²) in [7, 11) is 0. The van der Waals surface area contributed by atoms with Crippen LogP contribution in [-0.4, -0.2) is 18.2 Å². The Balaban J connectivity index is 2.26. The van der Waals surface area contributed by atoms with Gasteiger partial charge >= 0.3 is 6.18 Å². The van der Waals surface area contributed by atoms with Gasteiger partial charge in [0.1, 0.15) is 18.9 Å². The van der Waals surface area contributed by atoms with E-state index in [4.69, 9.17) is 15.3 Å². The van der Waals surface area contributed by atoms with Crippen molar-refractivity contribution in [2.45, 2.75) is 6.18 Å². The largest absolute Gasteiger partial charge is 0.486 e. The van der Waals surface area contributed by atoms with E-state index >= 15 is 0 Å². The van der Waals surface area contributed by atoms with Crippen molar-refractivity contribution in [3.63, 3.8) is 0 Å². The third-order valence-corrected chi connectivity index (χ3v) is 2.92. The van der Waals surface area contributed by atoms with E-state index in [0.29, 0.717) is 30.1 Å². The molecule has 0 bridgehead atoms. The average molecular weight is 285 g/mol. The summed E-state index contributed by atoms with van der Waals surface area (Å²) in [4.78, 5) is 3.61.